The number of aliphatic imine (C=N–C) groups is 1. The van der Waals surface area contributed by atoms with E-state index in [1.54, 1.807) is 21.3 Å². The maximum absolute atomic E-state index is 5.46. The molecule has 2 N–H and O–H groups in total. The second-order valence-corrected chi connectivity index (χ2v) is 6.87. The molecule has 0 saturated heterocycles. The number of methoxy groups -OCH3 is 2. The van der Waals surface area contributed by atoms with Crippen LogP contribution in [0.2, 0.25) is 0 Å². The van der Waals surface area contributed by atoms with Crippen LogP contribution in [0.15, 0.2) is 47.5 Å². The zero-order valence-corrected chi connectivity index (χ0v) is 20.5. The van der Waals surface area contributed by atoms with Gasteiger partial charge in [0.05, 0.1) is 20.3 Å². The third-order valence-electron chi connectivity index (χ3n) is 4.71. The van der Waals surface area contributed by atoms with Crippen molar-refractivity contribution in [3.63, 3.8) is 0 Å². The molecule has 0 aliphatic rings. The molecule has 0 heterocycles. The molecule has 0 saturated carbocycles. The molecule has 0 aromatic heterocycles. The van der Waals surface area contributed by atoms with E-state index in [0.29, 0.717) is 6.54 Å². The van der Waals surface area contributed by atoms with Gasteiger partial charge < -0.3 is 25.0 Å². The molecule has 29 heavy (non-hydrogen) atoms. The van der Waals surface area contributed by atoms with Gasteiger partial charge in [0.1, 0.15) is 11.5 Å². The van der Waals surface area contributed by atoms with Crippen LogP contribution in [0.25, 0.3) is 0 Å². The minimum absolute atomic E-state index is 0. The van der Waals surface area contributed by atoms with Gasteiger partial charge in [0.25, 0.3) is 0 Å². The highest BCUT2D eigenvalue weighted by atomic mass is 127. The van der Waals surface area contributed by atoms with Gasteiger partial charge >= 0.3 is 0 Å². The number of benzene rings is 2. The molecule has 0 spiro atoms. The molecule has 6 nitrogen and oxygen atoms in total. The van der Waals surface area contributed by atoms with E-state index in [2.05, 4.69) is 65.8 Å². The van der Waals surface area contributed by atoms with Gasteiger partial charge in [0.2, 0.25) is 0 Å². The first-order chi connectivity index (χ1) is 13.5. The van der Waals surface area contributed by atoms with E-state index in [-0.39, 0.29) is 30.0 Å². The number of rotatable bonds is 8. The van der Waals surface area contributed by atoms with Crippen molar-refractivity contribution in [2.75, 3.05) is 41.9 Å². The maximum Gasteiger partial charge on any atom is 0.191 e. The highest BCUT2D eigenvalue weighted by Gasteiger charge is 2.15. The largest absolute Gasteiger partial charge is 0.497 e. The van der Waals surface area contributed by atoms with Crippen molar-refractivity contribution in [3.8, 4) is 11.5 Å². The number of likely N-dealkylation sites (N-methyl/N-ethyl adjacent to an activating group) is 1. The van der Waals surface area contributed by atoms with Crippen LogP contribution in [0, 0.1) is 6.92 Å². The fourth-order valence-electron chi connectivity index (χ4n) is 2.98. The van der Waals surface area contributed by atoms with E-state index >= 15 is 0 Å². The Balaban J connectivity index is 0.00000420. The van der Waals surface area contributed by atoms with Crippen LogP contribution in [-0.4, -0.2) is 52.8 Å². The Kier molecular flexibility index (Phi) is 10.8. The van der Waals surface area contributed by atoms with Gasteiger partial charge in [-0.25, -0.2) is 0 Å². The molecule has 160 valence electrons. The van der Waals surface area contributed by atoms with Gasteiger partial charge in [0, 0.05) is 31.8 Å². The first kappa shape index (κ1) is 25.0. The molecule has 2 aromatic carbocycles. The zero-order chi connectivity index (χ0) is 20.5. The van der Waals surface area contributed by atoms with Crippen molar-refractivity contribution in [1.82, 2.24) is 15.5 Å². The van der Waals surface area contributed by atoms with Crippen molar-refractivity contribution in [2.45, 2.75) is 19.5 Å². The molecule has 2 rings (SSSR count). The third kappa shape index (κ3) is 7.40. The molecule has 0 fully saturated rings. The van der Waals surface area contributed by atoms with E-state index in [4.69, 9.17) is 9.47 Å². The van der Waals surface area contributed by atoms with Crippen LogP contribution in [-0.2, 0) is 6.54 Å². The maximum atomic E-state index is 5.46. The number of hydrogen-bond donors (Lipinski definition) is 2. The fraction of sp³-hybridized carbons (Fsp3) is 0.409. The van der Waals surface area contributed by atoms with E-state index in [1.165, 1.54) is 11.1 Å². The second-order valence-electron chi connectivity index (χ2n) is 6.87. The van der Waals surface area contributed by atoms with Crippen LogP contribution >= 0.6 is 24.0 Å². The minimum Gasteiger partial charge on any atom is -0.497 e. The number of aryl methyl sites for hydroxylation is 1. The van der Waals surface area contributed by atoms with Gasteiger partial charge in [-0.05, 0) is 38.7 Å². The van der Waals surface area contributed by atoms with Gasteiger partial charge in [0.15, 0.2) is 5.96 Å². The minimum atomic E-state index is 0. The summed E-state index contributed by atoms with van der Waals surface area (Å²) in [5.74, 6) is 2.31. The summed E-state index contributed by atoms with van der Waals surface area (Å²) in [7, 11) is 9.26. The Labute approximate surface area is 191 Å². The Morgan fingerprint density at radius 3 is 2.28 bits per heavy atom. The van der Waals surface area contributed by atoms with E-state index in [0.717, 1.165) is 29.6 Å². The number of ether oxygens (including phenoxy) is 2. The lowest BCUT2D eigenvalue weighted by Crippen LogP contribution is -2.41. The zero-order valence-electron chi connectivity index (χ0n) is 18.2. The van der Waals surface area contributed by atoms with Crippen molar-refractivity contribution < 1.29 is 9.47 Å². The Bertz CT molecular complexity index is 779. The summed E-state index contributed by atoms with van der Waals surface area (Å²) in [5.41, 5.74) is 3.57. The van der Waals surface area contributed by atoms with E-state index in [9.17, 15) is 0 Å². The molecule has 1 unspecified atom stereocenters. The monoisotopic (exact) mass is 512 g/mol. The number of halogens is 1. The standard InChI is InChI=1S/C22H32N4O2.HI/c1-16-7-9-17(10-8-16)20(26(3)4)15-25-22(23-2)24-14-18-11-12-19(27-5)13-21(18)28-6;/h7-13,20H,14-15H2,1-6H3,(H2,23,24,25);1H. The lowest BCUT2D eigenvalue weighted by atomic mass is 10.0. The van der Waals surface area contributed by atoms with E-state index in [1.807, 2.05) is 18.2 Å². The van der Waals surface area contributed by atoms with Crippen LogP contribution in [0.3, 0.4) is 0 Å². The summed E-state index contributed by atoms with van der Waals surface area (Å²) in [5, 5.41) is 6.78. The van der Waals surface area contributed by atoms with Crippen LogP contribution in [0.5, 0.6) is 11.5 Å². The predicted octanol–water partition coefficient (Wildman–Crippen LogP) is 3.60. The molecule has 2 aromatic rings. The Hall–Kier alpha value is -2.00. The molecular formula is C22H33IN4O2. The first-order valence-electron chi connectivity index (χ1n) is 9.37. The topological polar surface area (TPSA) is 58.1 Å². The number of nitrogens with one attached hydrogen (secondary N) is 2. The van der Waals surface area contributed by atoms with Crippen molar-refractivity contribution in [2.24, 2.45) is 4.99 Å². The molecule has 0 radical (unpaired) electrons. The first-order valence-corrected chi connectivity index (χ1v) is 9.37. The molecule has 0 aliphatic carbocycles. The number of guanidine groups is 1. The summed E-state index contributed by atoms with van der Waals surface area (Å²) < 4.78 is 10.7. The van der Waals surface area contributed by atoms with Gasteiger partial charge in [-0.15, -0.1) is 24.0 Å². The average Bonchev–Trinajstić information content (AvgIpc) is 2.71. The SMILES string of the molecule is CN=C(NCc1ccc(OC)cc1OC)NCC(c1ccc(C)cc1)N(C)C.I. The van der Waals surface area contributed by atoms with Crippen molar-refractivity contribution in [1.29, 1.82) is 0 Å². The molecule has 1 atom stereocenters. The lowest BCUT2D eigenvalue weighted by Gasteiger charge is -2.26. The summed E-state index contributed by atoms with van der Waals surface area (Å²) in [6.07, 6.45) is 0. The average molecular weight is 512 g/mol. The Morgan fingerprint density at radius 2 is 1.72 bits per heavy atom. The van der Waals surface area contributed by atoms with Crippen molar-refractivity contribution in [3.05, 3.63) is 59.2 Å². The third-order valence-corrected chi connectivity index (χ3v) is 4.71. The normalized spacial score (nSPS) is 12.2. The predicted molar refractivity (Wildman–Crippen MR) is 131 cm³/mol. The fourth-order valence-corrected chi connectivity index (χ4v) is 2.98. The highest BCUT2D eigenvalue weighted by Crippen LogP contribution is 2.24. The quantitative estimate of drug-likeness (QED) is 0.322. The molecule has 0 bridgehead atoms. The van der Waals surface area contributed by atoms with Gasteiger partial charge in [-0.1, -0.05) is 29.8 Å². The highest BCUT2D eigenvalue weighted by molar-refractivity contribution is 14.0. The molecule has 0 aliphatic heterocycles. The summed E-state index contributed by atoms with van der Waals surface area (Å²) in [6.45, 7) is 3.45. The summed E-state index contributed by atoms with van der Waals surface area (Å²) in [4.78, 5) is 6.55. The van der Waals surface area contributed by atoms with Gasteiger partial charge in [-0.3, -0.25) is 4.99 Å². The summed E-state index contributed by atoms with van der Waals surface area (Å²) in [6, 6.07) is 14.7. The van der Waals surface area contributed by atoms with Crippen LogP contribution in [0.4, 0.5) is 0 Å². The molecule has 0 amide bonds. The van der Waals surface area contributed by atoms with Crippen molar-refractivity contribution >= 4 is 29.9 Å². The van der Waals surface area contributed by atoms with Crippen LogP contribution in [0.1, 0.15) is 22.7 Å². The lowest BCUT2D eigenvalue weighted by molar-refractivity contribution is 0.298. The second kappa shape index (κ2) is 12.5. The van der Waals surface area contributed by atoms with Crippen LogP contribution < -0.4 is 20.1 Å². The number of nitrogens with zero attached hydrogens (tertiary/aromatic N) is 2. The molecule has 7 heteroatoms. The smallest absolute Gasteiger partial charge is 0.191 e. The molecular weight excluding hydrogens is 479 g/mol. The van der Waals surface area contributed by atoms with E-state index < -0.39 is 0 Å². The number of hydrogen-bond acceptors (Lipinski definition) is 4. The Morgan fingerprint density at radius 1 is 1.03 bits per heavy atom. The van der Waals surface area contributed by atoms with Gasteiger partial charge in [-0.2, -0.15) is 0 Å². The summed E-state index contributed by atoms with van der Waals surface area (Å²) >= 11 is 0.